The van der Waals surface area contributed by atoms with E-state index in [1.54, 1.807) is 12.1 Å². The van der Waals surface area contributed by atoms with E-state index < -0.39 is 38.6 Å². The molecule has 1 aromatic heterocycles. The van der Waals surface area contributed by atoms with Gasteiger partial charge in [-0.2, -0.15) is 5.10 Å². The number of carbonyl (C=O) groups excluding carboxylic acids is 2. The van der Waals surface area contributed by atoms with Crippen LogP contribution in [0.4, 0.5) is 16.5 Å². The van der Waals surface area contributed by atoms with Crippen LogP contribution >= 0.6 is 27.3 Å². The molecule has 2 amide bonds. The zero-order valence-corrected chi connectivity index (χ0v) is 19.1. The number of amides is 2. The molecule has 0 unspecified atom stereocenters. The third-order valence-electron chi connectivity index (χ3n) is 4.02. The van der Waals surface area contributed by atoms with Crippen LogP contribution in [0, 0.1) is 20.2 Å². The standard InChI is InChI=1S/C18H12BrN7O7S/c19-10-1-4-14(27)9(5-10)8-20-22-15(28)7-16-23-24-18(34-16)21-17(29)12-3-2-11(25(30)31)6-13(12)26(32)33/h1-6,8,27H,7H2,(H,22,28)(H,21,24,29)/b20-8-. The van der Waals surface area contributed by atoms with Gasteiger partial charge in [0, 0.05) is 16.1 Å². The Balaban J connectivity index is 1.62. The van der Waals surface area contributed by atoms with Crippen molar-refractivity contribution >= 4 is 61.8 Å². The maximum Gasteiger partial charge on any atom is 0.289 e. The van der Waals surface area contributed by atoms with Gasteiger partial charge in [-0.3, -0.25) is 35.1 Å². The van der Waals surface area contributed by atoms with E-state index in [1.807, 2.05) is 0 Å². The van der Waals surface area contributed by atoms with Gasteiger partial charge in [0.2, 0.25) is 11.0 Å². The number of nitrogens with one attached hydrogen (secondary N) is 2. The van der Waals surface area contributed by atoms with Crippen LogP contribution in [0.1, 0.15) is 20.9 Å². The highest BCUT2D eigenvalue weighted by Gasteiger charge is 2.25. The number of nitrogens with zero attached hydrogens (tertiary/aromatic N) is 5. The third kappa shape index (κ3) is 6.14. The van der Waals surface area contributed by atoms with Crippen molar-refractivity contribution in [3.8, 4) is 5.75 Å². The van der Waals surface area contributed by atoms with E-state index in [4.69, 9.17) is 0 Å². The molecule has 16 heteroatoms. The Labute approximate surface area is 201 Å². The van der Waals surface area contributed by atoms with Gasteiger partial charge >= 0.3 is 0 Å². The van der Waals surface area contributed by atoms with Gasteiger partial charge in [-0.25, -0.2) is 5.43 Å². The van der Waals surface area contributed by atoms with Crippen molar-refractivity contribution in [1.82, 2.24) is 15.6 Å². The topological polar surface area (TPSA) is 203 Å². The van der Waals surface area contributed by atoms with E-state index in [2.05, 4.69) is 42.0 Å². The van der Waals surface area contributed by atoms with Crippen LogP contribution in [-0.2, 0) is 11.2 Å². The lowest BCUT2D eigenvalue weighted by Gasteiger charge is -2.02. The molecule has 0 saturated carbocycles. The lowest BCUT2D eigenvalue weighted by molar-refractivity contribution is -0.394. The fraction of sp³-hybridized carbons (Fsp3) is 0.0556. The van der Waals surface area contributed by atoms with Crippen molar-refractivity contribution < 1.29 is 24.5 Å². The molecule has 3 N–H and O–H groups in total. The van der Waals surface area contributed by atoms with Gasteiger partial charge in [-0.15, -0.1) is 10.2 Å². The molecule has 0 atom stereocenters. The normalized spacial score (nSPS) is 10.7. The SMILES string of the molecule is O=C(Cc1nnc(NC(=O)c2ccc([N+](=O)[O-])cc2[N+](=O)[O-])s1)N/N=C\c1cc(Br)ccc1O. The van der Waals surface area contributed by atoms with E-state index in [1.165, 1.54) is 12.3 Å². The number of nitro benzene ring substituents is 2. The molecule has 0 radical (unpaired) electrons. The molecule has 0 spiro atoms. The minimum atomic E-state index is -0.924. The second-order valence-electron chi connectivity index (χ2n) is 6.34. The average Bonchev–Trinajstić information content (AvgIpc) is 3.21. The summed E-state index contributed by atoms with van der Waals surface area (Å²) in [6.07, 6.45) is 1.02. The fourth-order valence-corrected chi connectivity index (χ4v) is 3.61. The summed E-state index contributed by atoms with van der Waals surface area (Å²) in [6, 6.07) is 7.29. The number of hydrazone groups is 1. The van der Waals surface area contributed by atoms with Gasteiger partial charge in [0.1, 0.15) is 16.3 Å². The number of aromatic nitrogens is 2. The first kappa shape index (κ1) is 24.3. The Bertz CT molecular complexity index is 1330. The highest BCUT2D eigenvalue weighted by Crippen LogP contribution is 2.26. The number of anilines is 1. The van der Waals surface area contributed by atoms with Crippen molar-refractivity contribution in [2.24, 2.45) is 5.10 Å². The molecule has 1 heterocycles. The molecule has 14 nitrogen and oxygen atoms in total. The molecule has 3 rings (SSSR count). The van der Waals surface area contributed by atoms with Crippen LogP contribution in [0.2, 0.25) is 0 Å². The van der Waals surface area contributed by atoms with Gasteiger partial charge in [-0.1, -0.05) is 27.3 Å². The highest BCUT2D eigenvalue weighted by atomic mass is 79.9. The minimum Gasteiger partial charge on any atom is -0.507 e. The van der Waals surface area contributed by atoms with E-state index in [0.29, 0.717) is 16.1 Å². The second kappa shape index (κ2) is 10.5. The molecule has 0 bridgehead atoms. The van der Waals surface area contributed by atoms with Gasteiger partial charge in [-0.05, 0) is 24.3 Å². The van der Waals surface area contributed by atoms with Crippen LogP contribution in [0.5, 0.6) is 5.75 Å². The summed E-state index contributed by atoms with van der Waals surface area (Å²) in [5.74, 6) is -1.50. The van der Waals surface area contributed by atoms with E-state index in [-0.39, 0.29) is 22.3 Å². The Morgan fingerprint density at radius 3 is 2.62 bits per heavy atom. The summed E-state index contributed by atoms with van der Waals surface area (Å²) in [6.45, 7) is 0. The van der Waals surface area contributed by atoms with E-state index in [0.717, 1.165) is 23.5 Å². The van der Waals surface area contributed by atoms with Gasteiger partial charge < -0.3 is 5.11 Å². The zero-order valence-electron chi connectivity index (χ0n) is 16.7. The summed E-state index contributed by atoms with van der Waals surface area (Å²) in [5, 5.41) is 45.5. The summed E-state index contributed by atoms with van der Waals surface area (Å²) in [5.41, 5.74) is 0.944. The number of carbonyl (C=O) groups is 2. The number of aromatic hydroxyl groups is 1. The smallest absolute Gasteiger partial charge is 0.289 e. The van der Waals surface area contributed by atoms with E-state index in [9.17, 15) is 34.9 Å². The summed E-state index contributed by atoms with van der Waals surface area (Å²) in [4.78, 5) is 44.7. The Morgan fingerprint density at radius 2 is 1.91 bits per heavy atom. The summed E-state index contributed by atoms with van der Waals surface area (Å²) >= 11 is 4.10. The predicted molar refractivity (Wildman–Crippen MR) is 123 cm³/mol. The molecule has 0 saturated heterocycles. The first-order chi connectivity index (χ1) is 16.1. The molecule has 3 aromatic rings. The van der Waals surface area contributed by atoms with Gasteiger partial charge in [0.05, 0.1) is 28.5 Å². The van der Waals surface area contributed by atoms with Crippen molar-refractivity contribution in [1.29, 1.82) is 0 Å². The largest absolute Gasteiger partial charge is 0.507 e. The van der Waals surface area contributed by atoms with Crippen molar-refractivity contribution in [2.75, 3.05) is 5.32 Å². The first-order valence-electron chi connectivity index (χ1n) is 9.01. The number of hydrogen-bond donors (Lipinski definition) is 3. The Morgan fingerprint density at radius 1 is 1.15 bits per heavy atom. The van der Waals surface area contributed by atoms with Crippen molar-refractivity contribution in [2.45, 2.75) is 6.42 Å². The first-order valence-corrected chi connectivity index (χ1v) is 10.6. The monoisotopic (exact) mass is 549 g/mol. The lowest BCUT2D eigenvalue weighted by atomic mass is 10.1. The maximum absolute atomic E-state index is 12.4. The van der Waals surface area contributed by atoms with Crippen molar-refractivity contribution in [3.05, 3.63) is 77.2 Å². The molecular weight excluding hydrogens is 538 g/mol. The second-order valence-corrected chi connectivity index (χ2v) is 8.32. The number of phenolic OH excluding ortho intramolecular Hbond substituents is 1. The molecule has 174 valence electrons. The van der Waals surface area contributed by atoms with Crippen LogP contribution in [0.15, 0.2) is 46.0 Å². The summed E-state index contributed by atoms with van der Waals surface area (Å²) in [7, 11) is 0. The number of halogens is 1. The number of phenols is 1. The Kier molecular flexibility index (Phi) is 7.54. The van der Waals surface area contributed by atoms with Gasteiger partial charge in [0.15, 0.2) is 0 Å². The quantitative estimate of drug-likeness (QED) is 0.214. The summed E-state index contributed by atoms with van der Waals surface area (Å²) < 4.78 is 0.709. The van der Waals surface area contributed by atoms with Crippen LogP contribution in [0.25, 0.3) is 0 Å². The third-order valence-corrected chi connectivity index (χ3v) is 5.35. The highest BCUT2D eigenvalue weighted by molar-refractivity contribution is 9.10. The van der Waals surface area contributed by atoms with Crippen LogP contribution in [0.3, 0.4) is 0 Å². The molecular formula is C18H12BrN7O7S. The molecule has 34 heavy (non-hydrogen) atoms. The molecule has 0 fully saturated rings. The average molecular weight is 550 g/mol. The molecule has 0 aliphatic rings. The van der Waals surface area contributed by atoms with Crippen LogP contribution in [-0.4, -0.2) is 43.2 Å². The zero-order chi connectivity index (χ0) is 24.8. The van der Waals surface area contributed by atoms with Crippen molar-refractivity contribution in [3.63, 3.8) is 0 Å². The number of nitro groups is 2. The predicted octanol–water partition coefficient (Wildman–Crippen LogP) is 2.77. The van der Waals surface area contributed by atoms with Gasteiger partial charge in [0.25, 0.3) is 17.3 Å². The number of rotatable bonds is 8. The molecule has 0 aliphatic carbocycles. The molecule has 0 aliphatic heterocycles. The number of benzene rings is 2. The maximum atomic E-state index is 12.4. The minimum absolute atomic E-state index is 0.0287. The fourth-order valence-electron chi connectivity index (χ4n) is 2.50. The Hall–Kier alpha value is -4.31. The molecule has 2 aromatic carbocycles. The lowest BCUT2D eigenvalue weighted by Crippen LogP contribution is -2.19. The van der Waals surface area contributed by atoms with E-state index >= 15 is 0 Å². The van der Waals surface area contributed by atoms with Crippen LogP contribution < -0.4 is 10.7 Å². The number of hydrogen-bond acceptors (Lipinski definition) is 11. The number of non-ortho nitro benzene ring substituents is 1.